The lowest BCUT2D eigenvalue weighted by atomic mass is 10.2. The fourth-order valence-electron chi connectivity index (χ4n) is 1.01. The van der Waals surface area contributed by atoms with Gasteiger partial charge >= 0.3 is 0 Å². The summed E-state index contributed by atoms with van der Waals surface area (Å²) in [7, 11) is 0. The van der Waals surface area contributed by atoms with Crippen LogP contribution in [-0.2, 0) is 0 Å². The van der Waals surface area contributed by atoms with Gasteiger partial charge in [-0.05, 0) is 25.9 Å². The highest BCUT2D eigenvalue weighted by Gasteiger charge is 2.14. The van der Waals surface area contributed by atoms with E-state index in [-0.39, 0.29) is 0 Å². The summed E-state index contributed by atoms with van der Waals surface area (Å²) in [6.07, 6.45) is 2.36. The Labute approximate surface area is 62.4 Å². The van der Waals surface area contributed by atoms with Crippen molar-refractivity contribution in [2.24, 2.45) is 5.73 Å². The Morgan fingerprint density at radius 1 is 1.40 bits per heavy atom. The molecule has 0 saturated carbocycles. The van der Waals surface area contributed by atoms with Crippen LogP contribution in [0.25, 0.3) is 0 Å². The van der Waals surface area contributed by atoms with Gasteiger partial charge in [-0.1, -0.05) is 0 Å². The molecule has 1 heterocycles. The third-order valence-corrected chi connectivity index (χ3v) is 1.85. The predicted molar refractivity (Wildman–Crippen MR) is 42.9 cm³/mol. The maximum atomic E-state index is 5.35. The van der Waals surface area contributed by atoms with Crippen LogP contribution in [0.15, 0.2) is 0 Å². The Kier molecular flexibility index (Phi) is 3.72. The summed E-state index contributed by atoms with van der Waals surface area (Å²) in [4.78, 5) is 0. The molecule has 0 bridgehead atoms. The van der Waals surface area contributed by atoms with E-state index in [1.165, 1.54) is 6.42 Å². The Balaban J connectivity index is 1.76. The SMILES string of the molecule is NCCCCNC1CNC1. The number of rotatable bonds is 5. The van der Waals surface area contributed by atoms with E-state index in [0.29, 0.717) is 0 Å². The summed E-state index contributed by atoms with van der Waals surface area (Å²) >= 11 is 0. The van der Waals surface area contributed by atoms with Gasteiger partial charge in [0.25, 0.3) is 0 Å². The van der Waals surface area contributed by atoms with Crippen LogP contribution in [0.4, 0.5) is 0 Å². The second kappa shape index (κ2) is 4.66. The zero-order chi connectivity index (χ0) is 7.23. The average Bonchev–Trinajstić information content (AvgIpc) is 1.84. The Morgan fingerprint density at radius 2 is 2.20 bits per heavy atom. The highest BCUT2D eigenvalue weighted by atomic mass is 15.1. The third-order valence-electron chi connectivity index (χ3n) is 1.85. The van der Waals surface area contributed by atoms with Crippen molar-refractivity contribution in [3.63, 3.8) is 0 Å². The van der Waals surface area contributed by atoms with Crippen LogP contribution >= 0.6 is 0 Å². The number of nitrogens with one attached hydrogen (secondary N) is 2. The van der Waals surface area contributed by atoms with Gasteiger partial charge in [0.15, 0.2) is 0 Å². The molecule has 0 aromatic carbocycles. The number of hydrogen-bond donors (Lipinski definition) is 3. The maximum absolute atomic E-state index is 5.35. The molecule has 60 valence electrons. The molecule has 1 fully saturated rings. The van der Waals surface area contributed by atoms with Crippen LogP contribution in [0.5, 0.6) is 0 Å². The van der Waals surface area contributed by atoms with Crippen LogP contribution < -0.4 is 16.4 Å². The summed E-state index contributed by atoms with van der Waals surface area (Å²) in [5.74, 6) is 0. The molecular formula is C7H17N3. The highest BCUT2D eigenvalue weighted by Crippen LogP contribution is 1.91. The molecule has 0 radical (unpaired) electrons. The first kappa shape index (κ1) is 7.98. The van der Waals surface area contributed by atoms with Crippen molar-refractivity contribution in [3.8, 4) is 0 Å². The van der Waals surface area contributed by atoms with Crippen molar-refractivity contribution in [3.05, 3.63) is 0 Å². The minimum Gasteiger partial charge on any atom is -0.330 e. The van der Waals surface area contributed by atoms with Gasteiger partial charge < -0.3 is 16.4 Å². The van der Waals surface area contributed by atoms with Crippen molar-refractivity contribution in [1.82, 2.24) is 10.6 Å². The summed E-state index contributed by atoms with van der Waals surface area (Å²) < 4.78 is 0. The van der Waals surface area contributed by atoms with Gasteiger partial charge in [-0.3, -0.25) is 0 Å². The van der Waals surface area contributed by atoms with E-state index in [1.54, 1.807) is 0 Å². The van der Waals surface area contributed by atoms with Crippen LogP contribution in [0.2, 0.25) is 0 Å². The summed E-state index contributed by atoms with van der Waals surface area (Å²) in [5, 5.41) is 6.65. The first-order valence-electron chi connectivity index (χ1n) is 4.07. The molecule has 1 aliphatic heterocycles. The number of nitrogens with two attached hydrogens (primary N) is 1. The predicted octanol–water partition coefficient (Wildman–Crippen LogP) is -0.713. The molecular weight excluding hydrogens is 126 g/mol. The van der Waals surface area contributed by atoms with Crippen LogP contribution in [0, 0.1) is 0 Å². The van der Waals surface area contributed by atoms with Crippen LogP contribution in [0.3, 0.4) is 0 Å². The molecule has 1 rings (SSSR count). The molecule has 1 aliphatic rings. The van der Waals surface area contributed by atoms with Gasteiger partial charge in [0.1, 0.15) is 0 Å². The van der Waals surface area contributed by atoms with Gasteiger partial charge in [0.2, 0.25) is 0 Å². The van der Waals surface area contributed by atoms with Gasteiger partial charge in [-0.15, -0.1) is 0 Å². The van der Waals surface area contributed by atoms with E-state index in [4.69, 9.17) is 5.73 Å². The van der Waals surface area contributed by atoms with Gasteiger partial charge in [-0.2, -0.15) is 0 Å². The first-order chi connectivity index (χ1) is 4.93. The maximum Gasteiger partial charge on any atom is 0.0317 e. The lowest BCUT2D eigenvalue weighted by molar-refractivity contribution is 0.364. The van der Waals surface area contributed by atoms with Crippen molar-refractivity contribution >= 4 is 0 Å². The minimum atomic E-state index is 0.734. The molecule has 0 aliphatic carbocycles. The lowest BCUT2D eigenvalue weighted by Gasteiger charge is -2.28. The Morgan fingerprint density at radius 3 is 2.70 bits per heavy atom. The van der Waals surface area contributed by atoms with E-state index < -0.39 is 0 Å². The molecule has 0 unspecified atom stereocenters. The zero-order valence-corrected chi connectivity index (χ0v) is 6.40. The van der Waals surface area contributed by atoms with Gasteiger partial charge in [0, 0.05) is 19.1 Å². The first-order valence-corrected chi connectivity index (χ1v) is 4.07. The van der Waals surface area contributed by atoms with E-state index in [0.717, 1.165) is 38.6 Å². The van der Waals surface area contributed by atoms with E-state index in [1.807, 2.05) is 0 Å². The zero-order valence-electron chi connectivity index (χ0n) is 6.40. The fraction of sp³-hybridized carbons (Fsp3) is 1.00. The molecule has 0 spiro atoms. The number of hydrogen-bond acceptors (Lipinski definition) is 3. The van der Waals surface area contributed by atoms with E-state index in [9.17, 15) is 0 Å². The molecule has 0 aromatic heterocycles. The normalized spacial score (nSPS) is 18.9. The van der Waals surface area contributed by atoms with Gasteiger partial charge in [-0.25, -0.2) is 0 Å². The molecule has 0 amide bonds. The highest BCUT2D eigenvalue weighted by molar-refractivity contribution is 4.80. The topological polar surface area (TPSA) is 50.1 Å². The van der Waals surface area contributed by atoms with E-state index >= 15 is 0 Å². The monoisotopic (exact) mass is 143 g/mol. The summed E-state index contributed by atoms with van der Waals surface area (Å²) in [6.45, 7) is 4.24. The second-order valence-electron chi connectivity index (χ2n) is 2.81. The summed E-state index contributed by atoms with van der Waals surface area (Å²) in [6, 6.07) is 0.734. The smallest absolute Gasteiger partial charge is 0.0317 e. The summed E-state index contributed by atoms with van der Waals surface area (Å²) in [5.41, 5.74) is 5.35. The van der Waals surface area contributed by atoms with Crippen LogP contribution in [-0.4, -0.2) is 32.2 Å². The van der Waals surface area contributed by atoms with Crippen molar-refractivity contribution in [1.29, 1.82) is 0 Å². The van der Waals surface area contributed by atoms with Crippen molar-refractivity contribution in [2.75, 3.05) is 26.2 Å². The largest absolute Gasteiger partial charge is 0.330 e. The standard InChI is InChI=1S/C7H17N3/c8-3-1-2-4-10-7-5-9-6-7/h7,9-10H,1-6,8H2. The molecule has 0 atom stereocenters. The molecule has 0 aromatic rings. The second-order valence-corrected chi connectivity index (χ2v) is 2.81. The van der Waals surface area contributed by atoms with Gasteiger partial charge in [0.05, 0.1) is 0 Å². The fourth-order valence-corrected chi connectivity index (χ4v) is 1.01. The molecule has 1 saturated heterocycles. The minimum absolute atomic E-state index is 0.734. The number of unbranched alkanes of at least 4 members (excludes halogenated alkanes) is 1. The lowest BCUT2D eigenvalue weighted by Crippen LogP contribution is -2.55. The molecule has 3 nitrogen and oxygen atoms in total. The van der Waals surface area contributed by atoms with Crippen LogP contribution in [0.1, 0.15) is 12.8 Å². The van der Waals surface area contributed by atoms with Crippen molar-refractivity contribution in [2.45, 2.75) is 18.9 Å². The third kappa shape index (κ3) is 2.64. The Bertz CT molecular complexity index is 80.9. The average molecular weight is 143 g/mol. The van der Waals surface area contributed by atoms with E-state index in [2.05, 4.69) is 10.6 Å². The Hall–Kier alpha value is -0.120. The molecule has 10 heavy (non-hydrogen) atoms. The van der Waals surface area contributed by atoms with Crippen molar-refractivity contribution < 1.29 is 0 Å². The quantitative estimate of drug-likeness (QED) is 0.445. The molecule has 4 N–H and O–H groups in total. The molecule has 3 heteroatoms.